The smallest absolute Gasteiger partial charge is 0.265 e. The van der Waals surface area contributed by atoms with Crippen molar-refractivity contribution >= 4 is 28.7 Å². The van der Waals surface area contributed by atoms with Gasteiger partial charge in [-0.05, 0) is 35.7 Å². The summed E-state index contributed by atoms with van der Waals surface area (Å²) in [6.45, 7) is 0.606. The first kappa shape index (κ1) is 14.2. The third kappa shape index (κ3) is 3.67. The Morgan fingerprint density at radius 1 is 1.09 bits per heavy atom. The molecule has 22 heavy (non-hydrogen) atoms. The maximum Gasteiger partial charge on any atom is 0.265 e. The molecule has 0 bridgehead atoms. The Balaban J connectivity index is 1.57. The van der Waals surface area contributed by atoms with Crippen LogP contribution in [-0.4, -0.2) is 15.9 Å². The van der Waals surface area contributed by atoms with Crippen LogP contribution in [0.1, 0.15) is 15.4 Å². The van der Waals surface area contributed by atoms with E-state index in [9.17, 15) is 4.79 Å². The average molecular weight is 310 g/mol. The molecule has 5 nitrogen and oxygen atoms in total. The first-order valence-corrected chi connectivity index (χ1v) is 7.64. The van der Waals surface area contributed by atoms with E-state index in [-0.39, 0.29) is 5.91 Å². The zero-order chi connectivity index (χ0) is 15.2. The first-order chi connectivity index (χ1) is 10.8. The number of anilines is 2. The molecule has 1 amide bonds. The Labute approximate surface area is 132 Å². The highest BCUT2D eigenvalue weighted by Crippen LogP contribution is 2.14. The van der Waals surface area contributed by atoms with Crippen molar-refractivity contribution < 1.29 is 4.79 Å². The average Bonchev–Trinajstić information content (AvgIpc) is 3.10. The minimum Gasteiger partial charge on any atom is -0.364 e. The summed E-state index contributed by atoms with van der Waals surface area (Å²) < 4.78 is 0. The normalized spacial score (nSPS) is 10.2. The molecule has 0 fully saturated rings. The SMILES string of the molecule is O=C(Nc1ccc(NCc2ccccn2)nc1)c1cccs1. The van der Waals surface area contributed by atoms with Gasteiger partial charge >= 0.3 is 0 Å². The van der Waals surface area contributed by atoms with Crippen LogP contribution in [0.2, 0.25) is 0 Å². The Hall–Kier alpha value is -2.73. The van der Waals surface area contributed by atoms with Gasteiger partial charge in [0.2, 0.25) is 0 Å². The van der Waals surface area contributed by atoms with E-state index in [2.05, 4.69) is 20.6 Å². The maximum absolute atomic E-state index is 11.9. The second-order valence-electron chi connectivity index (χ2n) is 4.54. The van der Waals surface area contributed by atoms with Gasteiger partial charge in [-0.3, -0.25) is 9.78 Å². The molecular weight excluding hydrogens is 296 g/mol. The molecule has 0 unspecified atom stereocenters. The van der Waals surface area contributed by atoms with Crippen molar-refractivity contribution in [3.63, 3.8) is 0 Å². The van der Waals surface area contributed by atoms with Gasteiger partial charge in [0, 0.05) is 6.20 Å². The molecule has 0 aliphatic heterocycles. The number of nitrogens with one attached hydrogen (secondary N) is 2. The number of carbonyl (C=O) groups is 1. The van der Waals surface area contributed by atoms with E-state index >= 15 is 0 Å². The molecule has 3 heterocycles. The van der Waals surface area contributed by atoms with Crippen molar-refractivity contribution in [2.24, 2.45) is 0 Å². The zero-order valence-corrected chi connectivity index (χ0v) is 12.5. The minimum absolute atomic E-state index is 0.119. The number of hydrogen-bond donors (Lipinski definition) is 2. The molecule has 0 atom stereocenters. The largest absolute Gasteiger partial charge is 0.364 e. The number of carbonyl (C=O) groups excluding carboxylic acids is 1. The molecule has 3 rings (SSSR count). The van der Waals surface area contributed by atoms with E-state index in [1.54, 1.807) is 18.5 Å². The summed E-state index contributed by atoms with van der Waals surface area (Å²) in [5.74, 6) is 0.616. The molecule has 6 heteroatoms. The van der Waals surface area contributed by atoms with Gasteiger partial charge in [0.05, 0.1) is 29.0 Å². The molecular formula is C16H14N4OS. The summed E-state index contributed by atoms with van der Waals surface area (Å²) in [6.07, 6.45) is 3.39. The van der Waals surface area contributed by atoms with Crippen molar-refractivity contribution in [1.82, 2.24) is 9.97 Å². The predicted molar refractivity (Wildman–Crippen MR) is 88.1 cm³/mol. The van der Waals surface area contributed by atoms with Crippen LogP contribution in [-0.2, 0) is 6.54 Å². The molecule has 3 aromatic rings. The van der Waals surface area contributed by atoms with Gasteiger partial charge < -0.3 is 10.6 Å². The number of hydrogen-bond acceptors (Lipinski definition) is 5. The second kappa shape index (κ2) is 6.82. The molecule has 110 valence electrons. The molecule has 0 aromatic carbocycles. The van der Waals surface area contributed by atoms with Crippen molar-refractivity contribution in [2.75, 3.05) is 10.6 Å². The Morgan fingerprint density at radius 3 is 2.73 bits per heavy atom. The van der Waals surface area contributed by atoms with E-state index in [0.29, 0.717) is 17.1 Å². The van der Waals surface area contributed by atoms with Gasteiger partial charge in [-0.1, -0.05) is 12.1 Å². The minimum atomic E-state index is -0.119. The predicted octanol–water partition coefficient (Wildman–Crippen LogP) is 3.40. The molecule has 0 spiro atoms. The first-order valence-electron chi connectivity index (χ1n) is 6.76. The summed E-state index contributed by atoms with van der Waals surface area (Å²) in [6, 6.07) is 13.1. The Morgan fingerprint density at radius 2 is 2.05 bits per heavy atom. The number of thiophene rings is 1. The van der Waals surface area contributed by atoms with E-state index in [1.165, 1.54) is 11.3 Å². The van der Waals surface area contributed by atoms with Gasteiger partial charge in [-0.25, -0.2) is 4.98 Å². The lowest BCUT2D eigenvalue weighted by Crippen LogP contribution is -2.10. The number of amides is 1. The monoisotopic (exact) mass is 310 g/mol. The van der Waals surface area contributed by atoms with Crippen molar-refractivity contribution in [2.45, 2.75) is 6.54 Å². The van der Waals surface area contributed by atoms with Crippen molar-refractivity contribution in [3.05, 3.63) is 70.8 Å². The Bertz CT molecular complexity index is 727. The standard InChI is InChI=1S/C16H14N4OS/c21-16(14-5-3-9-22-14)20-13-6-7-15(19-11-13)18-10-12-4-1-2-8-17-12/h1-9,11H,10H2,(H,18,19)(H,20,21). The van der Waals surface area contributed by atoms with Crippen LogP contribution in [0.4, 0.5) is 11.5 Å². The van der Waals surface area contributed by atoms with Crippen LogP contribution in [0.5, 0.6) is 0 Å². The van der Waals surface area contributed by atoms with Gasteiger partial charge in [-0.15, -0.1) is 11.3 Å². The molecule has 0 radical (unpaired) electrons. The highest BCUT2D eigenvalue weighted by Gasteiger charge is 2.06. The highest BCUT2D eigenvalue weighted by molar-refractivity contribution is 7.12. The summed E-state index contributed by atoms with van der Waals surface area (Å²) in [4.78, 5) is 21.1. The number of pyridine rings is 2. The van der Waals surface area contributed by atoms with E-state index < -0.39 is 0 Å². The van der Waals surface area contributed by atoms with Crippen LogP contribution in [0.3, 0.4) is 0 Å². The fourth-order valence-electron chi connectivity index (χ4n) is 1.86. The maximum atomic E-state index is 11.9. The summed E-state index contributed by atoms with van der Waals surface area (Å²) in [5.41, 5.74) is 1.61. The van der Waals surface area contributed by atoms with Crippen LogP contribution in [0.15, 0.2) is 60.2 Å². The zero-order valence-electron chi connectivity index (χ0n) is 11.7. The van der Waals surface area contributed by atoms with Gasteiger partial charge in [0.25, 0.3) is 5.91 Å². The molecule has 0 saturated heterocycles. The third-order valence-corrected chi connectivity index (χ3v) is 3.81. The lowest BCUT2D eigenvalue weighted by molar-refractivity contribution is 0.103. The lowest BCUT2D eigenvalue weighted by atomic mass is 10.3. The molecule has 0 saturated carbocycles. The second-order valence-corrected chi connectivity index (χ2v) is 5.49. The number of nitrogens with zero attached hydrogens (tertiary/aromatic N) is 2. The quantitative estimate of drug-likeness (QED) is 0.758. The van der Waals surface area contributed by atoms with E-state index in [4.69, 9.17) is 0 Å². The van der Waals surface area contributed by atoms with Gasteiger partial charge in [0.15, 0.2) is 0 Å². The highest BCUT2D eigenvalue weighted by atomic mass is 32.1. The van der Waals surface area contributed by atoms with Gasteiger partial charge in [0.1, 0.15) is 5.82 Å². The van der Waals surface area contributed by atoms with Crippen LogP contribution >= 0.6 is 11.3 Å². The molecule has 3 aromatic heterocycles. The summed E-state index contributed by atoms with van der Waals surface area (Å²) in [5, 5.41) is 7.87. The lowest BCUT2D eigenvalue weighted by Gasteiger charge is -2.07. The number of rotatable bonds is 5. The fraction of sp³-hybridized carbons (Fsp3) is 0.0625. The van der Waals surface area contributed by atoms with Crippen LogP contribution < -0.4 is 10.6 Å². The fourth-order valence-corrected chi connectivity index (χ4v) is 2.48. The van der Waals surface area contributed by atoms with Crippen molar-refractivity contribution in [1.29, 1.82) is 0 Å². The topological polar surface area (TPSA) is 66.9 Å². The van der Waals surface area contributed by atoms with Gasteiger partial charge in [-0.2, -0.15) is 0 Å². The van der Waals surface area contributed by atoms with Crippen LogP contribution in [0, 0.1) is 0 Å². The third-order valence-electron chi connectivity index (χ3n) is 2.94. The van der Waals surface area contributed by atoms with Crippen LogP contribution in [0.25, 0.3) is 0 Å². The molecule has 0 aliphatic carbocycles. The summed E-state index contributed by atoms with van der Waals surface area (Å²) >= 11 is 1.41. The number of aromatic nitrogens is 2. The van der Waals surface area contributed by atoms with E-state index in [1.807, 2.05) is 41.8 Å². The molecule has 2 N–H and O–H groups in total. The molecule has 0 aliphatic rings. The van der Waals surface area contributed by atoms with E-state index in [0.717, 1.165) is 11.5 Å². The Kier molecular flexibility index (Phi) is 4.41. The summed E-state index contributed by atoms with van der Waals surface area (Å²) in [7, 11) is 0. The van der Waals surface area contributed by atoms with Crippen molar-refractivity contribution in [3.8, 4) is 0 Å².